The SMILES string of the molecule is O=C(O)OC1(NC(=O)c2cnn3ccc(N4CCC[C@@H]4c4cc(F)ccc4F)cc23)CCOCC1. The smallest absolute Gasteiger partial charge is 0.450 e. The summed E-state index contributed by atoms with van der Waals surface area (Å²) in [4.78, 5) is 26.4. The summed E-state index contributed by atoms with van der Waals surface area (Å²) >= 11 is 0. The number of carbonyl (C=O) groups is 2. The Morgan fingerprint density at radius 3 is 2.77 bits per heavy atom. The van der Waals surface area contributed by atoms with Gasteiger partial charge in [0.05, 0.1) is 36.5 Å². The maximum atomic E-state index is 14.5. The van der Waals surface area contributed by atoms with Gasteiger partial charge in [0.25, 0.3) is 5.91 Å². The molecule has 2 N–H and O–H groups in total. The van der Waals surface area contributed by atoms with Gasteiger partial charge in [-0.15, -0.1) is 0 Å². The second kappa shape index (κ2) is 9.14. The van der Waals surface area contributed by atoms with Crippen LogP contribution in [0.1, 0.15) is 47.6 Å². The molecular weight excluding hydrogens is 462 g/mol. The van der Waals surface area contributed by atoms with Crippen LogP contribution in [0.15, 0.2) is 42.7 Å². The number of nitrogens with one attached hydrogen (secondary N) is 1. The molecule has 1 amide bonds. The minimum Gasteiger partial charge on any atom is -0.450 e. The number of fused-ring (bicyclic) bond motifs is 1. The van der Waals surface area contributed by atoms with Gasteiger partial charge in [0.15, 0.2) is 5.72 Å². The van der Waals surface area contributed by atoms with Gasteiger partial charge in [-0.05, 0) is 43.2 Å². The van der Waals surface area contributed by atoms with Crippen molar-refractivity contribution in [1.82, 2.24) is 14.9 Å². The third-order valence-corrected chi connectivity index (χ3v) is 6.58. The number of benzene rings is 1. The van der Waals surface area contributed by atoms with Gasteiger partial charge in [-0.3, -0.25) is 4.79 Å². The van der Waals surface area contributed by atoms with Crippen LogP contribution in [-0.4, -0.2) is 52.3 Å². The van der Waals surface area contributed by atoms with E-state index in [1.54, 1.807) is 12.3 Å². The largest absolute Gasteiger partial charge is 0.507 e. The Morgan fingerprint density at radius 2 is 2.00 bits per heavy atom. The van der Waals surface area contributed by atoms with Gasteiger partial charge < -0.3 is 24.8 Å². The van der Waals surface area contributed by atoms with Gasteiger partial charge in [0, 0.05) is 36.8 Å². The van der Waals surface area contributed by atoms with Crippen molar-refractivity contribution in [3.8, 4) is 0 Å². The van der Waals surface area contributed by atoms with E-state index in [1.165, 1.54) is 16.8 Å². The zero-order valence-corrected chi connectivity index (χ0v) is 18.7. The minimum atomic E-state index is -1.49. The van der Waals surface area contributed by atoms with Gasteiger partial charge in [0.1, 0.15) is 11.6 Å². The molecule has 2 saturated heterocycles. The predicted molar refractivity (Wildman–Crippen MR) is 120 cm³/mol. The van der Waals surface area contributed by atoms with Crippen molar-refractivity contribution in [2.75, 3.05) is 24.7 Å². The number of amides is 1. The molecule has 2 fully saturated rings. The number of carbonyl (C=O) groups excluding carboxylic acids is 1. The number of nitrogens with zero attached hydrogens (tertiary/aromatic N) is 3. The standard InChI is InChI=1S/C24H24F2N4O5/c25-15-3-4-19(26)17(12-15)20-2-1-8-29(20)16-5-9-30-21(13-16)18(14-27-30)22(31)28-24(35-23(32)33)6-10-34-11-7-24/h3-5,9,12-14,20H,1-2,6-8,10-11H2,(H,28,31)(H,32,33)/t20-/m1/s1. The first-order valence-corrected chi connectivity index (χ1v) is 11.4. The fourth-order valence-corrected chi connectivity index (χ4v) is 4.89. The first-order valence-electron chi connectivity index (χ1n) is 11.4. The van der Waals surface area contributed by atoms with Crippen molar-refractivity contribution >= 4 is 23.3 Å². The number of ether oxygens (including phenoxy) is 2. The molecular formula is C24H24F2N4O5. The molecule has 11 heteroatoms. The van der Waals surface area contributed by atoms with Crippen LogP contribution < -0.4 is 10.2 Å². The van der Waals surface area contributed by atoms with Crippen LogP contribution in [0.5, 0.6) is 0 Å². The monoisotopic (exact) mass is 486 g/mol. The Kier molecular flexibility index (Phi) is 6.01. The highest BCUT2D eigenvalue weighted by Crippen LogP contribution is 2.38. The maximum absolute atomic E-state index is 14.5. The second-order valence-corrected chi connectivity index (χ2v) is 8.72. The van der Waals surface area contributed by atoms with Crippen LogP contribution in [-0.2, 0) is 9.47 Å². The van der Waals surface area contributed by atoms with E-state index in [0.29, 0.717) is 24.0 Å². The zero-order valence-electron chi connectivity index (χ0n) is 18.7. The average Bonchev–Trinajstić information content (AvgIpc) is 3.47. The molecule has 1 aromatic carbocycles. The lowest BCUT2D eigenvalue weighted by molar-refractivity contribution is -0.0975. The molecule has 0 radical (unpaired) electrons. The molecule has 0 bridgehead atoms. The van der Waals surface area contributed by atoms with E-state index in [-0.39, 0.29) is 37.7 Å². The van der Waals surface area contributed by atoms with Gasteiger partial charge in [0.2, 0.25) is 0 Å². The Bertz CT molecular complexity index is 1270. The number of hydrogen-bond acceptors (Lipinski definition) is 6. The first-order chi connectivity index (χ1) is 16.8. The topological polar surface area (TPSA) is 105 Å². The number of anilines is 1. The van der Waals surface area contributed by atoms with Gasteiger partial charge in [-0.25, -0.2) is 18.1 Å². The molecule has 0 unspecified atom stereocenters. The summed E-state index contributed by atoms with van der Waals surface area (Å²) in [5, 5.41) is 16.1. The fourth-order valence-electron chi connectivity index (χ4n) is 4.89. The molecule has 0 saturated carbocycles. The highest BCUT2D eigenvalue weighted by atomic mass is 19.1. The van der Waals surface area contributed by atoms with Crippen LogP contribution in [0.2, 0.25) is 0 Å². The number of hydrogen-bond donors (Lipinski definition) is 2. The third kappa shape index (κ3) is 4.51. The highest BCUT2D eigenvalue weighted by Gasteiger charge is 2.39. The Hall–Kier alpha value is -3.73. The summed E-state index contributed by atoms with van der Waals surface area (Å²) in [7, 11) is 0. The van der Waals surface area contributed by atoms with Crippen molar-refractivity contribution in [1.29, 1.82) is 0 Å². The molecule has 5 rings (SSSR count). The minimum absolute atomic E-state index is 0.185. The summed E-state index contributed by atoms with van der Waals surface area (Å²) in [5.74, 6) is -1.49. The van der Waals surface area contributed by atoms with Crippen LogP contribution in [0, 0.1) is 11.6 Å². The van der Waals surface area contributed by atoms with Gasteiger partial charge >= 0.3 is 6.16 Å². The second-order valence-electron chi connectivity index (χ2n) is 8.72. The van der Waals surface area contributed by atoms with E-state index in [0.717, 1.165) is 24.2 Å². The molecule has 2 aliphatic heterocycles. The number of rotatable bonds is 5. The molecule has 9 nitrogen and oxygen atoms in total. The van der Waals surface area contributed by atoms with Gasteiger partial charge in [-0.1, -0.05) is 0 Å². The highest BCUT2D eigenvalue weighted by molar-refractivity contribution is 6.01. The molecule has 2 aliphatic rings. The van der Waals surface area contributed by atoms with Crippen molar-refractivity contribution < 1.29 is 33.0 Å². The molecule has 0 spiro atoms. The van der Waals surface area contributed by atoms with E-state index in [9.17, 15) is 23.5 Å². The van der Waals surface area contributed by atoms with E-state index in [2.05, 4.69) is 10.4 Å². The van der Waals surface area contributed by atoms with Crippen molar-refractivity contribution in [3.63, 3.8) is 0 Å². The number of halogens is 2. The lowest BCUT2D eigenvalue weighted by Crippen LogP contribution is -2.54. The Labute approximate surface area is 199 Å². The summed E-state index contributed by atoms with van der Waals surface area (Å²) in [6.07, 6.45) is 3.44. The predicted octanol–water partition coefficient (Wildman–Crippen LogP) is 3.89. The first kappa shape index (κ1) is 23.0. The Balaban J connectivity index is 1.45. The Morgan fingerprint density at radius 1 is 1.20 bits per heavy atom. The van der Waals surface area contributed by atoms with E-state index in [1.807, 2.05) is 11.0 Å². The van der Waals surface area contributed by atoms with Crippen molar-refractivity contribution in [2.45, 2.75) is 37.5 Å². The summed E-state index contributed by atoms with van der Waals surface area (Å²) < 4.78 is 40.2. The molecule has 1 atom stereocenters. The van der Waals surface area contributed by atoms with E-state index >= 15 is 0 Å². The van der Waals surface area contributed by atoms with Crippen LogP contribution in [0.3, 0.4) is 0 Å². The summed E-state index contributed by atoms with van der Waals surface area (Å²) in [5.41, 5.74) is 0.367. The lowest BCUT2D eigenvalue weighted by Gasteiger charge is -2.35. The van der Waals surface area contributed by atoms with Crippen LogP contribution >= 0.6 is 0 Å². The van der Waals surface area contributed by atoms with Crippen LogP contribution in [0.25, 0.3) is 5.52 Å². The van der Waals surface area contributed by atoms with Crippen molar-refractivity contribution in [2.24, 2.45) is 0 Å². The summed E-state index contributed by atoms with van der Waals surface area (Å²) in [6, 6.07) is 6.69. The quantitative estimate of drug-likeness (QED) is 0.416. The fraction of sp³-hybridized carbons (Fsp3) is 0.375. The van der Waals surface area contributed by atoms with E-state index < -0.39 is 29.4 Å². The number of carboxylic acid groups (broad SMARTS) is 1. The normalized spacial score (nSPS) is 19.6. The summed E-state index contributed by atoms with van der Waals surface area (Å²) in [6.45, 7) is 1.14. The van der Waals surface area contributed by atoms with Crippen molar-refractivity contribution in [3.05, 3.63) is 65.5 Å². The van der Waals surface area contributed by atoms with E-state index in [4.69, 9.17) is 9.47 Å². The molecule has 2 aromatic heterocycles. The number of pyridine rings is 1. The van der Waals surface area contributed by atoms with Crippen LogP contribution in [0.4, 0.5) is 19.3 Å². The maximum Gasteiger partial charge on any atom is 0.507 e. The average molecular weight is 486 g/mol. The number of aromatic nitrogens is 2. The molecule has 35 heavy (non-hydrogen) atoms. The molecule has 4 heterocycles. The molecule has 3 aromatic rings. The van der Waals surface area contributed by atoms with Gasteiger partial charge in [-0.2, -0.15) is 5.10 Å². The molecule has 0 aliphatic carbocycles. The third-order valence-electron chi connectivity index (χ3n) is 6.58. The lowest BCUT2D eigenvalue weighted by atomic mass is 10.0. The zero-order chi connectivity index (χ0) is 24.6. The molecule has 184 valence electrons.